The van der Waals surface area contributed by atoms with Crippen molar-refractivity contribution in [2.45, 2.75) is 37.7 Å². The van der Waals surface area contributed by atoms with E-state index in [-0.39, 0.29) is 0 Å². The van der Waals surface area contributed by atoms with Crippen LogP contribution in [0.15, 0.2) is 24.3 Å². The summed E-state index contributed by atoms with van der Waals surface area (Å²) in [6.45, 7) is 2.31. The van der Waals surface area contributed by atoms with E-state index in [1.54, 1.807) is 0 Å². The minimum Gasteiger partial charge on any atom is -0.490 e. The molecular weight excluding hydrogens is 254 g/mol. The van der Waals surface area contributed by atoms with E-state index < -0.39 is 0 Å². The Kier molecular flexibility index (Phi) is 4.67. The zero-order valence-electron chi connectivity index (χ0n) is 11.4. The average Bonchev–Trinajstić information content (AvgIpc) is 2.50. The SMILES string of the molecule is c1cc(C2CCNCC2)ccc1OC1CCSCC1. The monoisotopic (exact) mass is 277 g/mol. The number of hydrogen-bond donors (Lipinski definition) is 1. The Bertz CT molecular complexity index is 380. The highest BCUT2D eigenvalue weighted by Crippen LogP contribution is 2.28. The summed E-state index contributed by atoms with van der Waals surface area (Å²) in [6.07, 6.45) is 5.35. The molecule has 2 nitrogen and oxygen atoms in total. The van der Waals surface area contributed by atoms with E-state index in [1.165, 1.54) is 42.8 Å². The van der Waals surface area contributed by atoms with Crippen LogP contribution in [0, 0.1) is 0 Å². The Balaban J connectivity index is 1.58. The Morgan fingerprint density at radius 1 is 0.947 bits per heavy atom. The van der Waals surface area contributed by atoms with E-state index in [1.807, 2.05) is 11.8 Å². The first-order valence-corrected chi connectivity index (χ1v) is 8.62. The number of nitrogens with one attached hydrogen (secondary N) is 1. The van der Waals surface area contributed by atoms with Crippen LogP contribution >= 0.6 is 11.8 Å². The lowest BCUT2D eigenvalue weighted by atomic mass is 9.90. The smallest absolute Gasteiger partial charge is 0.119 e. The maximum atomic E-state index is 6.07. The summed E-state index contributed by atoms with van der Waals surface area (Å²) in [5.74, 6) is 4.28. The highest BCUT2D eigenvalue weighted by atomic mass is 32.2. The van der Waals surface area contributed by atoms with Crippen molar-refractivity contribution in [2.75, 3.05) is 24.6 Å². The standard InChI is InChI=1S/C16H23NOS/c1-3-15(18-16-7-11-19-12-8-16)4-2-13(1)14-5-9-17-10-6-14/h1-4,14,16-17H,5-12H2. The van der Waals surface area contributed by atoms with Gasteiger partial charge in [0, 0.05) is 0 Å². The lowest BCUT2D eigenvalue weighted by Gasteiger charge is -2.24. The zero-order valence-corrected chi connectivity index (χ0v) is 12.3. The predicted octanol–water partition coefficient (Wildman–Crippen LogP) is 3.43. The molecule has 0 aliphatic carbocycles. The molecule has 0 amide bonds. The molecule has 2 aliphatic heterocycles. The van der Waals surface area contributed by atoms with Gasteiger partial charge in [-0.3, -0.25) is 0 Å². The molecule has 104 valence electrons. The molecule has 0 saturated carbocycles. The molecule has 0 atom stereocenters. The van der Waals surface area contributed by atoms with Crippen LogP contribution in [0.2, 0.25) is 0 Å². The molecular formula is C16H23NOS. The molecule has 0 radical (unpaired) electrons. The fourth-order valence-electron chi connectivity index (χ4n) is 2.96. The molecule has 2 saturated heterocycles. The largest absolute Gasteiger partial charge is 0.490 e. The third-order valence-electron chi connectivity index (χ3n) is 4.16. The van der Waals surface area contributed by atoms with Gasteiger partial charge >= 0.3 is 0 Å². The number of hydrogen-bond acceptors (Lipinski definition) is 3. The van der Waals surface area contributed by atoms with Gasteiger partial charge in [0.15, 0.2) is 0 Å². The normalized spacial score (nSPS) is 22.3. The Morgan fingerprint density at radius 2 is 1.63 bits per heavy atom. The number of thioether (sulfide) groups is 1. The summed E-state index contributed by atoms with van der Waals surface area (Å²) >= 11 is 2.04. The highest BCUT2D eigenvalue weighted by Gasteiger charge is 2.17. The summed E-state index contributed by atoms with van der Waals surface area (Å²) in [5, 5.41) is 3.42. The van der Waals surface area contributed by atoms with Crippen molar-refractivity contribution in [3.05, 3.63) is 29.8 Å². The summed E-state index contributed by atoms with van der Waals surface area (Å²) in [7, 11) is 0. The van der Waals surface area contributed by atoms with Crippen molar-refractivity contribution in [1.29, 1.82) is 0 Å². The van der Waals surface area contributed by atoms with Gasteiger partial charge in [0.1, 0.15) is 11.9 Å². The molecule has 0 unspecified atom stereocenters. The van der Waals surface area contributed by atoms with Crippen LogP contribution in [0.4, 0.5) is 0 Å². The molecule has 0 spiro atoms. The van der Waals surface area contributed by atoms with Crippen molar-refractivity contribution < 1.29 is 4.74 Å². The fraction of sp³-hybridized carbons (Fsp3) is 0.625. The van der Waals surface area contributed by atoms with Crippen molar-refractivity contribution in [3.63, 3.8) is 0 Å². The first kappa shape index (κ1) is 13.3. The topological polar surface area (TPSA) is 21.3 Å². The predicted molar refractivity (Wildman–Crippen MR) is 82.3 cm³/mol. The second kappa shape index (κ2) is 6.67. The summed E-state index contributed by atoms with van der Waals surface area (Å²) in [4.78, 5) is 0. The van der Waals surface area contributed by atoms with Gasteiger partial charge in [-0.1, -0.05) is 12.1 Å². The third-order valence-corrected chi connectivity index (χ3v) is 5.21. The summed E-state index contributed by atoms with van der Waals surface area (Å²) in [6, 6.07) is 8.87. The van der Waals surface area contributed by atoms with Gasteiger partial charge in [0.05, 0.1) is 0 Å². The van der Waals surface area contributed by atoms with E-state index in [0.29, 0.717) is 6.10 Å². The minimum atomic E-state index is 0.436. The van der Waals surface area contributed by atoms with Crippen LogP contribution in [-0.2, 0) is 0 Å². The Morgan fingerprint density at radius 3 is 2.32 bits per heavy atom. The molecule has 1 aromatic carbocycles. The van der Waals surface area contributed by atoms with E-state index in [4.69, 9.17) is 4.74 Å². The van der Waals surface area contributed by atoms with Crippen LogP contribution in [0.1, 0.15) is 37.2 Å². The van der Waals surface area contributed by atoms with Crippen LogP contribution in [-0.4, -0.2) is 30.7 Å². The molecule has 19 heavy (non-hydrogen) atoms. The van der Waals surface area contributed by atoms with Gasteiger partial charge in [-0.2, -0.15) is 11.8 Å². The van der Waals surface area contributed by atoms with Gasteiger partial charge in [0.25, 0.3) is 0 Å². The molecule has 2 fully saturated rings. The average molecular weight is 277 g/mol. The lowest BCUT2D eigenvalue weighted by Crippen LogP contribution is -2.26. The zero-order chi connectivity index (χ0) is 12.9. The van der Waals surface area contributed by atoms with Crippen molar-refractivity contribution >= 4 is 11.8 Å². The van der Waals surface area contributed by atoms with Crippen molar-refractivity contribution in [2.24, 2.45) is 0 Å². The molecule has 3 heteroatoms. The second-order valence-electron chi connectivity index (χ2n) is 5.52. The first-order chi connectivity index (χ1) is 9.42. The fourth-order valence-corrected chi connectivity index (χ4v) is 4.02. The lowest BCUT2D eigenvalue weighted by molar-refractivity contribution is 0.192. The third kappa shape index (κ3) is 3.67. The van der Waals surface area contributed by atoms with Crippen LogP contribution in [0.25, 0.3) is 0 Å². The number of benzene rings is 1. The maximum absolute atomic E-state index is 6.07. The molecule has 0 aromatic heterocycles. The number of rotatable bonds is 3. The van der Waals surface area contributed by atoms with Gasteiger partial charge in [-0.05, 0) is 73.9 Å². The molecule has 2 aliphatic rings. The first-order valence-electron chi connectivity index (χ1n) is 7.47. The van der Waals surface area contributed by atoms with Gasteiger partial charge in [0.2, 0.25) is 0 Å². The van der Waals surface area contributed by atoms with Crippen LogP contribution < -0.4 is 10.1 Å². The molecule has 0 bridgehead atoms. The molecule has 1 aromatic rings. The summed E-state index contributed by atoms with van der Waals surface area (Å²) < 4.78 is 6.07. The minimum absolute atomic E-state index is 0.436. The van der Waals surface area contributed by atoms with Crippen molar-refractivity contribution in [1.82, 2.24) is 5.32 Å². The van der Waals surface area contributed by atoms with Crippen LogP contribution in [0.3, 0.4) is 0 Å². The Labute approximate surface area is 120 Å². The van der Waals surface area contributed by atoms with Gasteiger partial charge in [-0.25, -0.2) is 0 Å². The van der Waals surface area contributed by atoms with Gasteiger partial charge in [-0.15, -0.1) is 0 Å². The quantitative estimate of drug-likeness (QED) is 0.914. The van der Waals surface area contributed by atoms with Crippen LogP contribution in [0.5, 0.6) is 5.75 Å². The molecule has 3 rings (SSSR count). The van der Waals surface area contributed by atoms with E-state index in [0.717, 1.165) is 24.8 Å². The molecule has 2 heterocycles. The second-order valence-corrected chi connectivity index (χ2v) is 6.75. The van der Waals surface area contributed by atoms with Gasteiger partial charge < -0.3 is 10.1 Å². The number of piperidine rings is 1. The highest BCUT2D eigenvalue weighted by molar-refractivity contribution is 7.99. The summed E-state index contributed by atoms with van der Waals surface area (Å²) in [5.41, 5.74) is 1.48. The van der Waals surface area contributed by atoms with E-state index in [2.05, 4.69) is 29.6 Å². The molecule has 1 N–H and O–H groups in total. The maximum Gasteiger partial charge on any atom is 0.119 e. The van der Waals surface area contributed by atoms with E-state index in [9.17, 15) is 0 Å². The van der Waals surface area contributed by atoms with E-state index >= 15 is 0 Å². The Hall–Kier alpha value is -0.670. The number of ether oxygens (including phenoxy) is 1. The van der Waals surface area contributed by atoms with Crippen molar-refractivity contribution in [3.8, 4) is 5.75 Å².